The van der Waals surface area contributed by atoms with Crippen LogP contribution in [0.1, 0.15) is 19.3 Å². The quantitative estimate of drug-likeness (QED) is 0.918. The van der Waals surface area contributed by atoms with Gasteiger partial charge in [-0.1, -0.05) is 6.42 Å². The zero-order chi connectivity index (χ0) is 14.7. The number of ether oxygens (including phenoxy) is 1. The molecule has 112 valence electrons. The summed E-state index contributed by atoms with van der Waals surface area (Å²) >= 11 is 0. The minimum atomic E-state index is -0.320. The molecular weight excluding hydrogens is 270 g/mol. The highest BCUT2D eigenvalue weighted by atomic mass is 16.5. The minimum absolute atomic E-state index is 0.285. The van der Waals surface area contributed by atoms with E-state index in [0.717, 1.165) is 25.7 Å². The maximum absolute atomic E-state index is 11.8. The Balaban J connectivity index is 1.73. The van der Waals surface area contributed by atoms with Crippen molar-refractivity contribution in [3.8, 4) is 11.6 Å². The molecule has 0 atom stereocenters. The highest BCUT2D eigenvalue weighted by Gasteiger charge is 2.11. The van der Waals surface area contributed by atoms with Crippen LogP contribution in [-0.2, 0) is 0 Å². The minimum Gasteiger partial charge on any atom is -0.493 e. The van der Waals surface area contributed by atoms with Crippen molar-refractivity contribution in [2.45, 2.75) is 19.3 Å². The summed E-state index contributed by atoms with van der Waals surface area (Å²) in [7, 11) is 0. The topological polar surface area (TPSA) is 67.1 Å². The third-order valence-electron chi connectivity index (χ3n) is 3.76. The molecule has 6 nitrogen and oxygen atoms in total. The normalized spacial score (nSPS) is 16.2. The molecule has 0 aliphatic carbocycles. The number of likely N-dealkylation sites (tertiary alicyclic amines) is 1. The summed E-state index contributed by atoms with van der Waals surface area (Å²) in [6, 6.07) is 4.59. The lowest BCUT2D eigenvalue weighted by molar-refractivity contribution is 0.184. The SMILES string of the molecule is O=c1cc(O)nc2c(OCCN3CCCCC3)cccn12. The van der Waals surface area contributed by atoms with E-state index in [2.05, 4.69) is 9.88 Å². The van der Waals surface area contributed by atoms with E-state index < -0.39 is 0 Å². The van der Waals surface area contributed by atoms with Gasteiger partial charge in [0.2, 0.25) is 5.88 Å². The van der Waals surface area contributed by atoms with Crippen molar-refractivity contribution in [1.29, 1.82) is 0 Å². The number of fused-ring (bicyclic) bond motifs is 1. The fourth-order valence-electron chi connectivity index (χ4n) is 2.67. The third-order valence-corrected chi connectivity index (χ3v) is 3.76. The Kier molecular flexibility index (Phi) is 4.06. The van der Waals surface area contributed by atoms with Crippen molar-refractivity contribution in [2.24, 2.45) is 0 Å². The van der Waals surface area contributed by atoms with Crippen LogP contribution in [0.2, 0.25) is 0 Å². The fourth-order valence-corrected chi connectivity index (χ4v) is 2.67. The van der Waals surface area contributed by atoms with Crippen molar-refractivity contribution in [3.05, 3.63) is 34.7 Å². The third kappa shape index (κ3) is 3.16. The van der Waals surface area contributed by atoms with Crippen LogP contribution >= 0.6 is 0 Å². The molecule has 1 saturated heterocycles. The van der Waals surface area contributed by atoms with Crippen molar-refractivity contribution in [1.82, 2.24) is 14.3 Å². The second-order valence-corrected chi connectivity index (χ2v) is 5.27. The van der Waals surface area contributed by atoms with E-state index >= 15 is 0 Å². The Hall–Kier alpha value is -2.08. The van der Waals surface area contributed by atoms with Crippen molar-refractivity contribution in [3.63, 3.8) is 0 Å². The molecule has 21 heavy (non-hydrogen) atoms. The number of aromatic hydroxyl groups is 1. The maximum atomic E-state index is 11.8. The highest BCUT2D eigenvalue weighted by molar-refractivity contribution is 5.53. The first kappa shape index (κ1) is 13.9. The van der Waals surface area contributed by atoms with Crippen LogP contribution in [0.4, 0.5) is 0 Å². The van der Waals surface area contributed by atoms with Gasteiger partial charge in [0.1, 0.15) is 6.61 Å². The van der Waals surface area contributed by atoms with E-state index in [9.17, 15) is 9.90 Å². The van der Waals surface area contributed by atoms with Gasteiger partial charge in [-0.3, -0.25) is 14.1 Å². The van der Waals surface area contributed by atoms with Gasteiger partial charge in [0.15, 0.2) is 11.4 Å². The van der Waals surface area contributed by atoms with Gasteiger partial charge in [-0.25, -0.2) is 0 Å². The molecule has 6 heteroatoms. The Morgan fingerprint density at radius 3 is 2.90 bits per heavy atom. The Morgan fingerprint density at radius 2 is 2.10 bits per heavy atom. The number of rotatable bonds is 4. The maximum Gasteiger partial charge on any atom is 0.261 e. The molecule has 2 aromatic rings. The number of pyridine rings is 1. The van der Waals surface area contributed by atoms with E-state index in [1.54, 1.807) is 18.3 Å². The lowest BCUT2D eigenvalue weighted by atomic mass is 10.1. The van der Waals surface area contributed by atoms with Crippen LogP contribution in [0, 0.1) is 0 Å². The molecule has 0 amide bonds. The smallest absolute Gasteiger partial charge is 0.261 e. The predicted octanol–water partition coefficient (Wildman–Crippen LogP) is 1.26. The van der Waals surface area contributed by atoms with E-state index in [0.29, 0.717) is 18.0 Å². The summed E-state index contributed by atoms with van der Waals surface area (Å²) in [5, 5.41) is 9.48. The Morgan fingerprint density at radius 1 is 1.29 bits per heavy atom. The van der Waals surface area contributed by atoms with Crippen LogP contribution < -0.4 is 10.3 Å². The van der Waals surface area contributed by atoms with Gasteiger partial charge < -0.3 is 9.84 Å². The van der Waals surface area contributed by atoms with E-state index in [1.165, 1.54) is 23.7 Å². The van der Waals surface area contributed by atoms with Crippen molar-refractivity contribution < 1.29 is 9.84 Å². The Labute approximate surface area is 122 Å². The summed E-state index contributed by atoms with van der Waals surface area (Å²) < 4.78 is 7.13. The molecule has 0 radical (unpaired) electrons. The fraction of sp³-hybridized carbons (Fsp3) is 0.467. The van der Waals surface area contributed by atoms with Gasteiger partial charge >= 0.3 is 0 Å². The first-order valence-electron chi connectivity index (χ1n) is 7.30. The van der Waals surface area contributed by atoms with Gasteiger partial charge in [-0.15, -0.1) is 0 Å². The average molecular weight is 289 g/mol. The molecule has 0 saturated carbocycles. The van der Waals surface area contributed by atoms with Gasteiger partial charge in [0.25, 0.3) is 5.56 Å². The van der Waals surface area contributed by atoms with Gasteiger partial charge in [-0.2, -0.15) is 4.98 Å². The van der Waals surface area contributed by atoms with Crippen LogP contribution in [0.25, 0.3) is 5.65 Å². The predicted molar refractivity (Wildman–Crippen MR) is 78.9 cm³/mol. The van der Waals surface area contributed by atoms with Gasteiger partial charge in [0.05, 0.1) is 6.07 Å². The molecule has 1 fully saturated rings. The van der Waals surface area contributed by atoms with Crippen LogP contribution in [0.5, 0.6) is 11.6 Å². The second-order valence-electron chi connectivity index (χ2n) is 5.27. The molecule has 0 bridgehead atoms. The van der Waals surface area contributed by atoms with Crippen molar-refractivity contribution >= 4 is 5.65 Å². The van der Waals surface area contributed by atoms with Gasteiger partial charge in [-0.05, 0) is 38.1 Å². The number of hydrogen-bond donors (Lipinski definition) is 1. The molecule has 3 heterocycles. The number of aromatic nitrogens is 2. The van der Waals surface area contributed by atoms with E-state index in [-0.39, 0.29) is 11.4 Å². The second kappa shape index (κ2) is 6.13. The van der Waals surface area contributed by atoms with E-state index in [4.69, 9.17) is 4.74 Å². The number of hydrogen-bond acceptors (Lipinski definition) is 5. The highest BCUT2D eigenvalue weighted by Crippen LogP contribution is 2.18. The first-order chi connectivity index (χ1) is 10.2. The van der Waals surface area contributed by atoms with Crippen LogP contribution in [0.15, 0.2) is 29.2 Å². The largest absolute Gasteiger partial charge is 0.493 e. The molecule has 0 spiro atoms. The molecule has 0 unspecified atom stereocenters. The lowest BCUT2D eigenvalue weighted by Crippen LogP contribution is -2.33. The summed E-state index contributed by atoms with van der Waals surface area (Å²) in [5.74, 6) is 0.231. The first-order valence-corrected chi connectivity index (χ1v) is 7.30. The number of nitrogens with zero attached hydrogens (tertiary/aromatic N) is 3. The van der Waals surface area contributed by atoms with Gasteiger partial charge in [0, 0.05) is 12.7 Å². The average Bonchev–Trinajstić information content (AvgIpc) is 2.49. The molecule has 1 aliphatic heterocycles. The summed E-state index contributed by atoms with van der Waals surface area (Å²) in [5.41, 5.74) is 0.0279. The zero-order valence-electron chi connectivity index (χ0n) is 11.9. The van der Waals surface area contributed by atoms with E-state index in [1.807, 2.05) is 0 Å². The van der Waals surface area contributed by atoms with Crippen LogP contribution in [-0.4, -0.2) is 45.6 Å². The van der Waals surface area contributed by atoms with Crippen LogP contribution in [0.3, 0.4) is 0 Å². The molecule has 2 aromatic heterocycles. The monoisotopic (exact) mass is 289 g/mol. The molecule has 0 aromatic carbocycles. The molecule has 3 rings (SSSR count). The summed E-state index contributed by atoms with van der Waals surface area (Å²) in [6.07, 6.45) is 5.42. The molecule has 1 N–H and O–H groups in total. The summed E-state index contributed by atoms with van der Waals surface area (Å²) in [6.45, 7) is 3.66. The van der Waals surface area contributed by atoms with Crippen molar-refractivity contribution in [2.75, 3.05) is 26.2 Å². The standard InChI is InChI=1S/C15H19N3O3/c19-13-11-14(20)18-8-4-5-12(15(18)16-13)21-10-9-17-6-2-1-3-7-17/h4-5,8,11,19H,1-3,6-7,9-10H2. The molecule has 1 aliphatic rings. The lowest BCUT2D eigenvalue weighted by Gasteiger charge is -2.26. The summed E-state index contributed by atoms with van der Waals surface area (Å²) in [4.78, 5) is 18.1. The Bertz CT molecular complexity index is 677. The zero-order valence-corrected chi connectivity index (χ0v) is 11.9. The molecular formula is C15H19N3O3. The number of piperidine rings is 1.